The minimum atomic E-state index is -0.829. The maximum absolute atomic E-state index is 13.0. The van der Waals surface area contributed by atoms with Gasteiger partial charge >= 0.3 is 5.97 Å². The minimum Gasteiger partial charge on any atom is -0.493 e. The average Bonchev–Trinajstić information content (AvgIpc) is 2.92. The molecular formula is C29H21N3O6. The summed E-state index contributed by atoms with van der Waals surface area (Å²) in [5.41, 5.74) is 0.749. The number of amides is 1. The van der Waals surface area contributed by atoms with Crippen LogP contribution < -0.4 is 14.8 Å². The van der Waals surface area contributed by atoms with Crippen LogP contribution in [0.25, 0.3) is 16.8 Å². The topological polar surface area (TPSA) is 132 Å². The number of nitriles is 1. The van der Waals surface area contributed by atoms with Crippen molar-refractivity contribution in [3.8, 4) is 17.6 Å². The number of hydrogen-bond acceptors (Lipinski definition) is 7. The van der Waals surface area contributed by atoms with Gasteiger partial charge < -0.3 is 14.8 Å². The van der Waals surface area contributed by atoms with Gasteiger partial charge in [-0.05, 0) is 59.2 Å². The van der Waals surface area contributed by atoms with E-state index >= 15 is 0 Å². The summed E-state index contributed by atoms with van der Waals surface area (Å²) < 4.78 is 11.0. The van der Waals surface area contributed by atoms with E-state index in [1.54, 1.807) is 37.3 Å². The lowest BCUT2D eigenvalue weighted by molar-refractivity contribution is -0.384. The molecule has 0 aliphatic rings. The number of fused-ring (bicyclic) bond motifs is 1. The predicted octanol–water partition coefficient (Wildman–Crippen LogP) is 5.83. The second kappa shape index (κ2) is 11.1. The lowest BCUT2D eigenvalue weighted by Crippen LogP contribution is -2.14. The van der Waals surface area contributed by atoms with E-state index in [1.165, 1.54) is 37.5 Å². The number of anilines is 1. The number of hydrogen-bond donors (Lipinski definition) is 1. The third-order valence-electron chi connectivity index (χ3n) is 5.67. The molecular weight excluding hydrogens is 486 g/mol. The first-order valence-corrected chi connectivity index (χ1v) is 11.4. The van der Waals surface area contributed by atoms with Crippen LogP contribution >= 0.6 is 0 Å². The van der Waals surface area contributed by atoms with Gasteiger partial charge in [0.1, 0.15) is 17.3 Å². The fourth-order valence-corrected chi connectivity index (χ4v) is 3.82. The van der Waals surface area contributed by atoms with Crippen molar-refractivity contribution in [3.63, 3.8) is 0 Å². The van der Waals surface area contributed by atoms with Gasteiger partial charge in [-0.1, -0.05) is 48.5 Å². The van der Waals surface area contributed by atoms with Crippen LogP contribution in [0.5, 0.6) is 11.5 Å². The zero-order valence-corrected chi connectivity index (χ0v) is 20.4. The highest BCUT2D eigenvalue weighted by atomic mass is 16.6. The molecule has 1 amide bonds. The van der Waals surface area contributed by atoms with Crippen molar-refractivity contribution in [2.75, 3.05) is 12.4 Å². The predicted molar refractivity (Wildman–Crippen MR) is 142 cm³/mol. The molecule has 0 saturated carbocycles. The SMILES string of the molecule is COc1ccc(/C=C(\C#N)C(=O)Nc2ccc(C)cc2[N+](=O)[O-])cc1OC(=O)c1cccc2ccccc12. The number of rotatable bonds is 7. The van der Waals surface area contributed by atoms with Crippen molar-refractivity contribution >= 4 is 40.1 Å². The molecule has 9 nitrogen and oxygen atoms in total. The van der Waals surface area contributed by atoms with E-state index in [0.717, 1.165) is 10.8 Å². The summed E-state index contributed by atoms with van der Waals surface area (Å²) in [5, 5.41) is 25.0. The number of ether oxygens (including phenoxy) is 2. The van der Waals surface area contributed by atoms with Crippen LogP contribution in [-0.4, -0.2) is 23.9 Å². The first-order chi connectivity index (χ1) is 18.3. The molecule has 188 valence electrons. The molecule has 4 rings (SSSR count). The highest BCUT2D eigenvalue weighted by Gasteiger charge is 2.19. The van der Waals surface area contributed by atoms with Crippen LogP contribution in [-0.2, 0) is 4.79 Å². The van der Waals surface area contributed by atoms with Gasteiger partial charge in [0, 0.05) is 6.07 Å². The summed E-state index contributed by atoms with van der Waals surface area (Å²) in [6, 6.07) is 23.4. The Balaban J connectivity index is 1.62. The van der Waals surface area contributed by atoms with E-state index in [-0.39, 0.29) is 28.4 Å². The number of aryl methyl sites for hydroxylation is 1. The molecule has 9 heteroatoms. The summed E-state index contributed by atoms with van der Waals surface area (Å²) in [4.78, 5) is 36.6. The zero-order chi connectivity index (χ0) is 27.2. The van der Waals surface area contributed by atoms with Gasteiger partial charge in [-0.2, -0.15) is 5.26 Å². The van der Waals surface area contributed by atoms with E-state index in [4.69, 9.17) is 9.47 Å². The summed E-state index contributed by atoms with van der Waals surface area (Å²) in [7, 11) is 1.42. The van der Waals surface area contributed by atoms with Gasteiger partial charge in [0.05, 0.1) is 17.6 Å². The van der Waals surface area contributed by atoms with Crippen molar-refractivity contribution in [1.82, 2.24) is 0 Å². The Labute approximate surface area is 217 Å². The van der Waals surface area contributed by atoms with Crippen molar-refractivity contribution in [1.29, 1.82) is 5.26 Å². The highest BCUT2D eigenvalue weighted by molar-refractivity contribution is 6.10. The number of nitro groups is 1. The van der Waals surface area contributed by atoms with E-state index in [1.807, 2.05) is 30.3 Å². The molecule has 4 aromatic carbocycles. The van der Waals surface area contributed by atoms with Crippen LogP contribution in [0.15, 0.2) is 84.4 Å². The maximum atomic E-state index is 13.0. The average molecular weight is 508 g/mol. The quantitative estimate of drug-likeness (QED) is 0.0831. The summed E-state index contributed by atoms with van der Waals surface area (Å²) in [6.45, 7) is 1.69. The number of nitrogens with zero attached hydrogens (tertiary/aromatic N) is 2. The smallest absolute Gasteiger partial charge is 0.344 e. The van der Waals surface area contributed by atoms with Crippen LogP contribution in [0, 0.1) is 28.4 Å². The molecule has 4 aromatic rings. The molecule has 0 saturated heterocycles. The molecule has 0 aliphatic heterocycles. The van der Waals surface area contributed by atoms with Crippen molar-refractivity contribution in [3.05, 3.63) is 111 Å². The normalized spacial score (nSPS) is 10.9. The largest absolute Gasteiger partial charge is 0.493 e. The van der Waals surface area contributed by atoms with Gasteiger partial charge in [-0.25, -0.2) is 4.79 Å². The van der Waals surface area contributed by atoms with Crippen LogP contribution in [0.2, 0.25) is 0 Å². The summed E-state index contributed by atoms with van der Waals surface area (Å²) >= 11 is 0. The molecule has 0 bridgehead atoms. The molecule has 0 radical (unpaired) electrons. The van der Waals surface area contributed by atoms with Gasteiger partial charge in [-0.15, -0.1) is 0 Å². The molecule has 0 atom stereocenters. The summed E-state index contributed by atoms with van der Waals surface area (Å²) in [6.07, 6.45) is 1.28. The van der Waals surface area contributed by atoms with E-state index in [0.29, 0.717) is 16.7 Å². The van der Waals surface area contributed by atoms with Crippen LogP contribution in [0.4, 0.5) is 11.4 Å². The lowest BCUT2D eigenvalue weighted by Gasteiger charge is -2.11. The van der Waals surface area contributed by atoms with Crippen molar-refractivity contribution in [2.45, 2.75) is 6.92 Å². The fourth-order valence-electron chi connectivity index (χ4n) is 3.82. The molecule has 0 unspecified atom stereocenters. The highest BCUT2D eigenvalue weighted by Crippen LogP contribution is 2.31. The van der Waals surface area contributed by atoms with Gasteiger partial charge in [-0.3, -0.25) is 14.9 Å². The Bertz CT molecular complexity index is 1650. The number of esters is 1. The fraction of sp³-hybridized carbons (Fsp3) is 0.0690. The summed E-state index contributed by atoms with van der Waals surface area (Å²) in [5.74, 6) is -1.07. The van der Waals surface area contributed by atoms with Crippen LogP contribution in [0.3, 0.4) is 0 Å². The Morgan fingerprint density at radius 1 is 1.00 bits per heavy atom. The molecule has 0 aliphatic carbocycles. The number of benzene rings is 4. The molecule has 0 fully saturated rings. The van der Waals surface area contributed by atoms with Crippen molar-refractivity contribution < 1.29 is 24.0 Å². The molecule has 1 N–H and O–H groups in total. The molecule has 0 spiro atoms. The zero-order valence-electron chi connectivity index (χ0n) is 20.4. The monoisotopic (exact) mass is 507 g/mol. The maximum Gasteiger partial charge on any atom is 0.344 e. The number of nitrogens with one attached hydrogen (secondary N) is 1. The number of methoxy groups -OCH3 is 1. The van der Waals surface area contributed by atoms with E-state index in [9.17, 15) is 25.0 Å². The van der Waals surface area contributed by atoms with Gasteiger partial charge in [0.2, 0.25) is 0 Å². The Morgan fingerprint density at radius 3 is 2.50 bits per heavy atom. The van der Waals surface area contributed by atoms with E-state index in [2.05, 4.69) is 5.32 Å². The molecule has 0 aromatic heterocycles. The second-order valence-electron chi connectivity index (χ2n) is 8.23. The number of carbonyl (C=O) groups excluding carboxylic acids is 2. The van der Waals surface area contributed by atoms with E-state index < -0.39 is 16.8 Å². The standard InChI is InChI=1S/C29H21N3O6/c1-18-10-12-24(25(14-18)32(35)36)31-28(33)21(17-30)15-19-11-13-26(37-2)27(16-19)38-29(34)23-9-5-7-20-6-3-4-8-22(20)23/h3-16H,1-2H3,(H,31,33)/b21-15+. The Hall–Kier alpha value is -5.49. The first kappa shape index (κ1) is 25.6. The number of carbonyl (C=O) groups is 2. The number of nitro benzene ring substituents is 1. The van der Waals surface area contributed by atoms with Gasteiger partial charge in [0.25, 0.3) is 11.6 Å². The first-order valence-electron chi connectivity index (χ1n) is 11.4. The lowest BCUT2D eigenvalue weighted by atomic mass is 10.0. The second-order valence-corrected chi connectivity index (χ2v) is 8.23. The third kappa shape index (κ3) is 5.50. The Morgan fingerprint density at radius 2 is 1.76 bits per heavy atom. The van der Waals surface area contributed by atoms with Gasteiger partial charge in [0.15, 0.2) is 11.5 Å². The third-order valence-corrected chi connectivity index (χ3v) is 5.67. The molecule has 38 heavy (non-hydrogen) atoms. The minimum absolute atomic E-state index is 0.0359. The van der Waals surface area contributed by atoms with Crippen molar-refractivity contribution in [2.24, 2.45) is 0 Å². The Kier molecular flexibility index (Phi) is 7.45. The van der Waals surface area contributed by atoms with Crippen LogP contribution in [0.1, 0.15) is 21.5 Å². The molecule has 0 heterocycles.